The Hall–Kier alpha value is -3.32. The largest absolute Gasteiger partial charge is 0.396 e. The molecule has 32 heavy (non-hydrogen) atoms. The van der Waals surface area contributed by atoms with Crippen LogP contribution in [0.5, 0.6) is 0 Å². The molecule has 6 nitrogen and oxygen atoms in total. The number of aromatic nitrogens is 2. The molecule has 3 rings (SSSR count). The summed E-state index contributed by atoms with van der Waals surface area (Å²) in [5.41, 5.74) is 2.80. The number of nitrogens with one attached hydrogen (secondary N) is 1. The average molecular weight is 438 g/mol. The van der Waals surface area contributed by atoms with E-state index in [1.165, 1.54) is 34.4 Å². The summed E-state index contributed by atoms with van der Waals surface area (Å²) in [5, 5.41) is 12.2. The van der Waals surface area contributed by atoms with Gasteiger partial charge in [0.15, 0.2) is 0 Å². The molecule has 0 atom stereocenters. The van der Waals surface area contributed by atoms with Crippen molar-refractivity contribution in [3.63, 3.8) is 0 Å². The van der Waals surface area contributed by atoms with Gasteiger partial charge in [0, 0.05) is 35.5 Å². The molecule has 7 heteroatoms. The van der Waals surface area contributed by atoms with E-state index in [9.17, 15) is 19.1 Å². The summed E-state index contributed by atoms with van der Waals surface area (Å²) in [6.45, 7) is 3.37. The summed E-state index contributed by atoms with van der Waals surface area (Å²) in [6, 6.07) is 13.2. The number of aliphatic hydroxyl groups is 1. The molecule has 0 saturated heterocycles. The van der Waals surface area contributed by atoms with Crippen LogP contribution < -0.4 is 10.9 Å². The Balaban J connectivity index is 1.89. The summed E-state index contributed by atoms with van der Waals surface area (Å²) >= 11 is 0. The Morgan fingerprint density at radius 2 is 1.78 bits per heavy atom. The molecule has 3 aromatic rings. The van der Waals surface area contributed by atoms with Crippen LogP contribution in [0.2, 0.25) is 0 Å². The normalized spacial score (nSPS) is 10.9. The lowest BCUT2D eigenvalue weighted by Gasteiger charge is -2.16. The number of amides is 1. The summed E-state index contributed by atoms with van der Waals surface area (Å²) in [5.74, 6) is -0.506. The highest BCUT2D eigenvalue weighted by molar-refractivity contribution is 5.90. The van der Waals surface area contributed by atoms with Crippen molar-refractivity contribution in [3.05, 3.63) is 81.5 Å². The van der Waals surface area contributed by atoms with E-state index in [1.54, 1.807) is 6.92 Å². The van der Waals surface area contributed by atoms with Gasteiger partial charge in [0.25, 0.3) is 5.56 Å². The molecule has 0 aliphatic heterocycles. The highest BCUT2D eigenvalue weighted by atomic mass is 19.1. The lowest BCUT2D eigenvalue weighted by molar-refractivity contribution is -0.116. The first-order valence-electron chi connectivity index (χ1n) is 10.8. The molecule has 2 N–H and O–H groups in total. The van der Waals surface area contributed by atoms with Gasteiger partial charge < -0.3 is 10.4 Å². The standard InChI is InChI=1S/C25H28FN3O3/c1-3-4-5-18-6-12-21(13-7-18)28-23(31)16-29-24(19-8-10-20(26)11-9-19)27-17(2)22(14-15-30)25(29)32/h6-13,30H,3-5,14-16H2,1-2H3,(H,28,31). The van der Waals surface area contributed by atoms with Gasteiger partial charge in [-0.3, -0.25) is 14.2 Å². The van der Waals surface area contributed by atoms with E-state index < -0.39 is 11.4 Å². The van der Waals surface area contributed by atoms with Crippen molar-refractivity contribution in [2.24, 2.45) is 0 Å². The van der Waals surface area contributed by atoms with Gasteiger partial charge in [-0.2, -0.15) is 0 Å². The minimum atomic E-state index is -0.406. The van der Waals surface area contributed by atoms with Crippen molar-refractivity contribution in [1.29, 1.82) is 0 Å². The highest BCUT2D eigenvalue weighted by Gasteiger charge is 2.18. The third kappa shape index (κ3) is 5.68. The van der Waals surface area contributed by atoms with Gasteiger partial charge in [-0.1, -0.05) is 25.5 Å². The van der Waals surface area contributed by atoms with E-state index in [0.29, 0.717) is 22.5 Å². The van der Waals surface area contributed by atoms with Gasteiger partial charge in [0.1, 0.15) is 18.2 Å². The molecule has 0 bridgehead atoms. The molecule has 0 fully saturated rings. The molecule has 0 aliphatic carbocycles. The van der Waals surface area contributed by atoms with Crippen molar-refractivity contribution >= 4 is 11.6 Å². The van der Waals surface area contributed by atoms with E-state index in [2.05, 4.69) is 17.2 Å². The van der Waals surface area contributed by atoms with Crippen molar-refractivity contribution in [2.75, 3.05) is 11.9 Å². The van der Waals surface area contributed by atoms with Crippen molar-refractivity contribution < 1.29 is 14.3 Å². The molecular weight excluding hydrogens is 409 g/mol. The highest BCUT2D eigenvalue weighted by Crippen LogP contribution is 2.19. The number of halogens is 1. The Morgan fingerprint density at radius 1 is 1.09 bits per heavy atom. The van der Waals surface area contributed by atoms with E-state index in [0.717, 1.165) is 19.3 Å². The number of carbonyl (C=O) groups excluding carboxylic acids is 1. The number of aliphatic hydroxyl groups excluding tert-OH is 1. The van der Waals surface area contributed by atoms with Crippen LogP contribution in [0.1, 0.15) is 36.6 Å². The molecule has 0 spiro atoms. The smallest absolute Gasteiger partial charge is 0.257 e. The van der Waals surface area contributed by atoms with Gasteiger partial charge in [-0.25, -0.2) is 9.37 Å². The number of nitrogens with zero attached hydrogens (tertiary/aromatic N) is 2. The fraction of sp³-hybridized carbons (Fsp3) is 0.320. The van der Waals surface area contributed by atoms with E-state index in [-0.39, 0.29) is 31.3 Å². The molecular formula is C25H28FN3O3. The minimum Gasteiger partial charge on any atom is -0.396 e. The van der Waals surface area contributed by atoms with Crippen LogP contribution in [-0.4, -0.2) is 27.2 Å². The molecule has 0 unspecified atom stereocenters. The fourth-order valence-electron chi connectivity index (χ4n) is 3.55. The van der Waals surface area contributed by atoms with Crippen LogP contribution in [-0.2, 0) is 24.2 Å². The third-order valence-electron chi connectivity index (χ3n) is 5.29. The van der Waals surface area contributed by atoms with Gasteiger partial charge >= 0.3 is 0 Å². The van der Waals surface area contributed by atoms with E-state index >= 15 is 0 Å². The van der Waals surface area contributed by atoms with Crippen LogP contribution in [0.4, 0.5) is 10.1 Å². The summed E-state index contributed by atoms with van der Waals surface area (Å²) < 4.78 is 14.7. The molecule has 2 aromatic carbocycles. The molecule has 168 valence electrons. The zero-order valence-corrected chi connectivity index (χ0v) is 18.4. The van der Waals surface area contributed by atoms with Crippen molar-refractivity contribution in [3.8, 4) is 11.4 Å². The quantitative estimate of drug-likeness (QED) is 0.532. The lowest BCUT2D eigenvalue weighted by atomic mass is 10.1. The maximum Gasteiger partial charge on any atom is 0.257 e. The van der Waals surface area contributed by atoms with Gasteiger partial charge in [-0.05, 0) is 61.7 Å². The molecule has 1 amide bonds. The number of aryl methyl sites for hydroxylation is 2. The SMILES string of the molecule is CCCCc1ccc(NC(=O)Cn2c(-c3ccc(F)cc3)nc(C)c(CCO)c2=O)cc1. The van der Waals surface area contributed by atoms with Gasteiger partial charge in [-0.15, -0.1) is 0 Å². The van der Waals surface area contributed by atoms with E-state index in [4.69, 9.17) is 0 Å². The topological polar surface area (TPSA) is 84.2 Å². The minimum absolute atomic E-state index is 0.141. The van der Waals surface area contributed by atoms with Crippen molar-refractivity contribution in [1.82, 2.24) is 9.55 Å². The maximum atomic E-state index is 13.4. The second kappa shape index (κ2) is 10.8. The first-order valence-corrected chi connectivity index (χ1v) is 10.8. The maximum absolute atomic E-state index is 13.4. The van der Waals surface area contributed by atoms with Gasteiger partial charge in [0.2, 0.25) is 5.91 Å². The summed E-state index contributed by atoms with van der Waals surface area (Å²) in [4.78, 5) is 30.4. The van der Waals surface area contributed by atoms with Crippen LogP contribution in [0.3, 0.4) is 0 Å². The predicted octanol–water partition coefficient (Wildman–Crippen LogP) is 3.87. The zero-order chi connectivity index (χ0) is 23.1. The second-order valence-electron chi connectivity index (χ2n) is 7.72. The van der Waals surface area contributed by atoms with Crippen molar-refractivity contribution in [2.45, 2.75) is 46.1 Å². The average Bonchev–Trinajstić information content (AvgIpc) is 2.78. The third-order valence-corrected chi connectivity index (χ3v) is 5.29. The summed E-state index contributed by atoms with van der Waals surface area (Å²) in [6.07, 6.45) is 3.36. The number of rotatable bonds is 9. The molecule has 1 aromatic heterocycles. The fourth-order valence-corrected chi connectivity index (χ4v) is 3.55. The first kappa shape index (κ1) is 23.3. The zero-order valence-electron chi connectivity index (χ0n) is 18.4. The Morgan fingerprint density at radius 3 is 2.41 bits per heavy atom. The molecule has 0 radical (unpaired) electrons. The second-order valence-corrected chi connectivity index (χ2v) is 7.72. The van der Waals surface area contributed by atoms with Crippen LogP contribution >= 0.6 is 0 Å². The summed E-state index contributed by atoms with van der Waals surface area (Å²) in [7, 11) is 0. The van der Waals surface area contributed by atoms with Crippen LogP contribution in [0, 0.1) is 12.7 Å². The number of carbonyl (C=O) groups is 1. The number of hydrogen-bond donors (Lipinski definition) is 2. The van der Waals surface area contributed by atoms with Crippen LogP contribution in [0.15, 0.2) is 53.3 Å². The van der Waals surface area contributed by atoms with E-state index in [1.807, 2.05) is 24.3 Å². The molecule has 0 saturated carbocycles. The predicted molar refractivity (Wildman–Crippen MR) is 123 cm³/mol. The Kier molecular flexibility index (Phi) is 7.89. The first-order chi connectivity index (χ1) is 15.4. The Bertz CT molecular complexity index is 1120. The number of unbranched alkanes of at least 4 members (excludes halogenated alkanes) is 1. The lowest BCUT2D eigenvalue weighted by Crippen LogP contribution is -2.33. The number of benzene rings is 2. The number of hydrogen-bond acceptors (Lipinski definition) is 4. The molecule has 1 heterocycles. The van der Waals surface area contributed by atoms with Gasteiger partial charge in [0.05, 0.1) is 0 Å². The molecule has 0 aliphatic rings. The Labute approximate surface area is 186 Å². The monoisotopic (exact) mass is 437 g/mol. The van der Waals surface area contributed by atoms with Crippen LogP contribution in [0.25, 0.3) is 11.4 Å². The number of anilines is 1.